The monoisotopic (exact) mass is 320 g/mol. The number of hydrogen-bond donors (Lipinski definition) is 1. The largest absolute Gasteiger partial charge is 0.507 e. The Balaban J connectivity index is 2.26. The van der Waals surface area contributed by atoms with Crippen LogP contribution in [0.15, 0.2) is 53.0 Å². The molecule has 96 valence electrons. The zero-order chi connectivity index (χ0) is 13.8. The zero-order valence-corrected chi connectivity index (χ0v) is 11.4. The van der Waals surface area contributed by atoms with Crippen molar-refractivity contribution in [3.8, 4) is 5.75 Å². The van der Waals surface area contributed by atoms with Gasteiger partial charge in [0, 0.05) is 10.0 Å². The van der Waals surface area contributed by atoms with Gasteiger partial charge in [-0.05, 0) is 36.4 Å². The van der Waals surface area contributed by atoms with E-state index in [1.165, 1.54) is 30.4 Å². The fraction of sp³-hybridized carbons (Fsp3) is 0. The molecule has 0 fully saturated rings. The van der Waals surface area contributed by atoms with Gasteiger partial charge in [0.2, 0.25) is 0 Å². The van der Waals surface area contributed by atoms with Gasteiger partial charge in [0.05, 0.1) is 5.56 Å². The molecule has 0 atom stereocenters. The van der Waals surface area contributed by atoms with Crippen LogP contribution in [0.25, 0.3) is 6.08 Å². The Bertz CT molecular complexity index is 650. The molecule has 0 amide bonds. The van der Waals surface area contributed by atoms with Crippen LogP contribution in [0.4, 0.5) is 4.39 Å². The Morgan fingerprint density at radius 3 is 2.68 bits per heavy atom. The summed E-state index contributed by atoms with van der Waals surface area (Å²) in [5.74, 6) is -0.890. The number of halogens is 2. The van der Waals surface area contributed by atoms with Crippen molar-refractivity contribution in [3.63, 3.8) is 0 Å². The molecule has 0 saturated heterocycles. The van der Waals surface area contributed by atoms with Crippen molar-refractivity contribution >= 4 is 27.8 Å². The second-order valence-electron chi connectivity index (χ2n) is 3.88. The van der Waals surface area contributed by atoms with Crippen LogP contribution in [0.3, 0.4) is 0 Å². The van der Waals surface area contributed by atoms with E-state index >= 15 is 0 Å². The number of phenols is 1. The van der Waals surface area contributed by atoms with Crippen molar-refractivity contribution < 1.29 is 14.3 Å². The topological polar surface area (TPSA) is 37.3 Å². The lowest BCUT2D eigenvalue weighted by Gasteiger charge is -2.01. The van der Waals surface area contributed by atoms with Crippen LogP contribution in [0, 0.1) is 5.82 Å². The molecule has 2 aromatic carbocycles. The first-order valence-electron chi connectivity index (χ1n) is 5.53. The first-order chi connectivity index (χ1) is 9.08. The maximum absolute atomic E-state index is 13.4. The lowest BCUT2D eigenvalue weighted by molar-refractivity contribution is 0.104. The zero-order valence-electron chi connectivity index (χ0n) is 9.81. The summed E-state index contributed by atoms with van der Waals surface area (Å²) < 4.78 is 14.1. The molecule has 19 heavy (non-hydrogen) atoms. The van der Waals surface area contributed by atoms with E-state index in [0.29, 0.717) is 10.0 Å². The van der Waals surface area contributed by atoms with Crippen molar-refractivity contribution in [2.75, 3.05) is 0 Å². The fourth-order valence-corrected chi connectivity index (χ4v) is 1.93. The van der Waals surface area contributed by atoms with Gasteiger partial charge in [-0.2, -0.15) is 0 Å². The van der Waals surface area contributed by atoms with Crippen LogP contribution < -0.4 is 0 Å². The summed E-state index contributed by atoms with van der Waals surface area (Å²) in [7, 11) is 0. The maximum Gasteiger partial charge on any atom is 0.189 e. The Morgan fingerprint density at radius 2 is 1.95 bits per heavy atom. The molecule has 0 heterocycles. The van der Waals surface area contributed by atoms with Gasteiger partial charge in [-0.1, -0.05) is 34.1 Å². The smallest absolute Gasteiger partial charge is 0.189 e. The summed E-state index contributed by atoms with van der Waals surface area (Å²) in [5, 5.41) is 9.61. The Labute approximate surface area is 118 Å². The quantitative estimate of drug-likeness (QED) is 0.680. The van der Waals surface area contributed by atoms with Crippen LogP contribution in [-0.4, -0.2) is 10.9 Å². The predicted molar refractivity (Wildman–Crippen MR) is 75.6 cm³/mol. The molecular formula is C15H10BrFO2. The van der Waals surface area contributed by atoms with Crippen LogP contribution in [-0.2, 0) is 0 Å². The summed E-state index contributed by atoms with van der Waals surface area (Å²) in [4.78, 5) is 11.9. The van der Waals surface area contributed by atoms with Crippen molar-refractivity contribution in [2.24, 2.45) is 0 Å². The van der Waals surface area contributed by atoms with Crippen LogP contribution in [0.1, 0.15) is 15.9 Å². The van der Waals surface area contributed by atoms with Gasteiger partial charge in [0.25, 0.3) is 0 Å². The van der Waals surface area contributed by atoms with Gasteiger partial charge in [-0.15, -0.1) is 0 Å². The molecule has 0 unspecified atom stereocenters. The molecule has 0 aliphatic carbocycles. The van der Waals surface area contributed by atoms with E-state index in [1.807, 2.05) is 0 Å². The molecule has 0 saturated carbocycles. The van der Waals surface area contributed by atoms with Gasteiger partial charge >= 0.3 is 0 Å². The number of benzene rings is 2. The second-order valence-corrected chi connectivity index (χ2v) is 4.80. The lowest BCUT2D eigenvalue weighted by Crippen LogP contribution is -1.95. The Morgan fingerprint density at radius 1 is 1.21 bits per heavy atom. The molecule has 2 aromatic rings. The van der Waals surface area contributed by atoms with Crippen LogP contribution >= 0.6 is 15.9 Å². The van der Waals surface area contributed by atoms with Crippen molar-refractivity contribution in [1.29, 1.82) is 0 Å². The van der Waals surface area contributed by atoms with E-state index in [9.17, 15) is 14.3 Å². The molecular weight excluding hydrogens is 311 g/mol. The number of phenolic OH excluding ortho intramolecular Hbond substituents is 1. The first kappa shape index (κ1) is 13.5. The number of rotatable bonds is 3. The highest BCUT2D eigenvalue weighted by molar-refractivity contribution is 9.10. The van der Waals surface area contributed by atoms with Crippen LogP contribution in [0.2, 0.25) is 0 Å². The number of hydrogen-bond acceptors (Lipinski definition) is 2. The summed E-state index contributed by atoms with van der Waals surface area (Å²) in [6.07, 6.45) is 2.62. The average molecular weight is 321 g/mol. The molecule has 1 N–H and O–H groups in total. The molecule has 2 rings (SSSR count). The standard InChI is InChI=1S/C15H10BrFO2/c16-11-6-8-15(19)12(9-11)14(18)7-5-10-3-1-2-4-13(10)17/h1-9,19H. The predicted octanol–water partition coefficient (Wildman–Crippen LogP) is 4.19. The highest BCUT2D eigenvalue weighted by atomic mass is 79.9. The number of carbonyl (C=O) groups excluding carboxylic acids is 1. The SMILES string of the molecule is O=C(C=Cc1ccccc1F)c1cc(Br)ccc1O. The molecule has 4 heteroatoms. The van der Waals surface area contributed by atoms with E-state index < -0.39 is 5.82 Å². The van der Waals surface area contributed by atoms with Gasteiger partial charge in [-0.3, -0.25) is 4.79 Å². The minimum atomic E-state index is -0.398. The van der Waals surface area contributed by atoms with Crippen molar-refractivity contribution in [3.05, 3.63) is 70.0 Å². The molecule has 2 nitrogen and oxygen atoms in total. The molecule has 0 aliphatic heterocycles. The lowest BCUT2D eigenvalue weighted by atomic mass is 10.1. The van der Waals surface area contributed by atoms with Gasteiger partial charge in [0.15, 0.2) is 5.78 Å². The molecule has 0 spiro atoms. The van der Waals surface area contributed by atoms with Gasteiger partial charge in [0.1, 0.15) is 11.6 Å². The number of aromatic hydroxyl groups is 1. The third-order valence-electron chi connectivity index (χ3n) is 2.54. The minimum absolute atomic E-state index is 0.105. The van der Waals surface area contributed by atoms with Gasteiger partial charge < -0.3 is 5.11 Å². The second kappa shape index (κ2) is 5.80. The Kier molecular flexibility index (Phi) is 4.12. The number of allylic oxidation sites excluding steroid dienone is 1. The summed E-state index contributed by atoms with van der Waals surface area (Å²) in [6.45, 7) is 0. The number of ketones is 1. The highest BCUT2D eigenvalue weighted by Gasteiger charge is 2.08. The van der Waals surface area contributed by atoms with E-state index in [2.05, 4.69) is 15.9 Å². The van der Waals surface area contributed by atoms with E-state index in [1.54, 1.807) is 24.3 Å². The van der Waals surface area contributed by atoms with E-state index in [-0.39, 0.29) is 17.1 Å². The maximum atomic E-state index is 13.4. The third-order valence-corrected chi connectivity index (χ3v) is 3.04. The Hall–Kier alpha value is -1.94. The molecule has 0 bridgehead atoms. The first-order valence-corrected chi connectivity index (χ1v) is 6.32. The summed E-state index contributed by atoms with van der Waals surface area (Å²) >= 11 is 3.22. The summed E-state index contributed by atoms with van der Waals surface area (Å²) in [6, 6.07) is 10.7. The highest BCUT2D eigenvalue weighted by Crippen LogP contribution is 2.23. The molecule has 0 aliphatic rings. The summed E-state index contributed by atoms with van der Waals surface area (Å²) in [5.41, 5.74) is 0.493. The van der Waals surface area contributed by atoms with Gasteiger partial charge in [-0.25, -0.2) is 4.39 Å². The van der Waals surface area contributed by atoms with Crippen LogP contribution in [0.5, 0.6) is 5.75 Å². The minimum Gasteiger partial charge on any atom is -0.507 e. The fourth-order valence-electron chi connectivity index (χ4n) is 1.57. The van der Waals surface area contributed by atoms with E-state index in [0.717, 1.165) is 0 Å². The number of carbonyl (C=O) groups is 1. The third kappa shape index (κ3) is 3.29. The normalized spacial score (nSPS) is 10.8. The average Bonchev–Trinajstić information content (AvgIpc) is 2.40. The van der Waals surface area contributed by atoms with Crippen molar-refractivity contribution in [1.82, 2.24) is 0 Å². The van der Waals surface area contributed by atoms with Crippen molar-refractivity contribution in [2.45, 2.75) is 0 Å². The van der Waals surface area contributed by atoms with E-state index in [4.69, 9.17) is 0 Å². The molecule has 0 radical (unpaired) electrons. The molecule has 0 aromatic heterocycles.